The summed E-state index contributed by atoms with van der Waals surface area (Å²) in [4.78, 5) is 2.18. The Morgan fingerprint density at radius 3 is 2.63 bits per heavy atom. The fraction of sp³-hybridized carbons (Fsp3) is 0.238. The molecule has 1 aliphatic rings. The number of rotatable bonds is 5. The number of aromatic nitrogens is 2. The fourth-order valence-corrected chi connectivity index (χ4v) is 3.37. The van der Waals surface area contributed by atoms with Crippen LogP contribution in [0.25, 0.3) is 11.1 Å². The van der Waals surface area contributed by atoms with E-state index >= 15 is 0 Å². The molecule has 6 heteroatoms. The molecule has 0 bridgehead atoms. The van der Waals surface area contributed by atoms with Gasteiger partial charge in [-0.3, -0.25) is 10.1 Å². The molecule has 1 atom stereocenters. The molecule has 0 radical (unpaired) electrons. The zero-order valence-electron chi connectivity index (χ0n) is 15.8. The minimum Gasteiger partial charge on any atom is -0.495 e. The van der Waals surface area contributed by atoms with Crippen molar-refractivity contribution in [3.63, 3.8) is 0 Å². The molecular formula is C21H23N5O. The van der Waals surface area contributed by atoms with Crippen LogP contribution in [0.5, 0.6) is 5.75 Å². The number of ether oxygens (including phenoxy) is 1. The second kappa shape index (κ2) is 7.15. The highest BCUT2D eigenvalue weighted by molar-refractivity contribution is 5.98. The van der Waals surface area contributed by atoms with Crippen LogP contribution in [0.1, 0.15) is 25.5 Å². The molecule has 138 valence electrons. The molecule has 0 amide bonds. The van der Waals surface area contributed by atoms with E-state index in [0.29, 0.717) is 6.67 Å². The van der Waals surface area contributed by atoms with Gasteiger partial charge in [-0.25, -0.2) is 0 Å². The topological polar surface area (TPSA) is 56.8 Å². The van der Waals surface area contributed by atoms with Crippen molar-refractivity contribution in [2.24, 2.45) is 5.10 Å². The fourth-order valence-electron chi connectivity index (χ4n) is 3.37. The Balaban J connectivity index is 1.60. The second-order valence-corrected chi connectivity index (χ2v) is 6.62. The maximum Gasteiger partial charge on any atom is 0.143 e. The van der Waals surface area contributed by atoms with Crippen molar-refractivity contribution in [2.75, 3.05) is 18.7 Å². The van der Waals surface area contributed by atoms with Crippen LogP contribution in [0.3, 0.4) is 0 Å². The molecule has 1 N–H and O–H groups in total. The molecular weight excluding hydrogens is 338 g/mol. The number of H-pyrrole nitrogens is 1. The summed E-state index contributed by atoms with van der Waals surface area (Å²) in [6, 6.07) is 16.8. The van der Waals surface area contributed by atoms with Gasteiger partial charge in [0.25, 0.3) is 0 Å². The number of hydrogen-bond donors (Lipinski definition) is 1. The zero-order chi connectivity index (χ0) is 18.8. The molecule has 0 saturated carbocycles. The summed E-state index contributed by atoms with van der Waals surface area (Å²) < 4.78 is 5.68. The smallest absolute Gasteiger partial charge is 0.143 e. The lowest BCUT2D eigenvalue weighted by molar-refractivity contribution is 0.245. The van der Waals surface area contributed by atoms with E-state index in [-0.39, 0.29) is 6.04 Å². The Bertz CT molecular complexity index is 936. The lowest BCUT2D eigenvalue weighted by Gasteiger charge is -2.26. The minimum atomic E-state index is 0.197. The van der Waals surface area contributed by atoms with Gasteiger partial charge < -0.3 is 9.64 Å². The van der Waals surface area contributed by atoms with Crippen LogP contribution in [-0.2, 0) is 0 Å². The molecule has 3 aromatic rings. The largest absolute Gasteiger partial charge is 0.495 e. The minimum absolute atomic E-state index is 0.197. The average molecular weight is 361 g/mol. The molecule has 27 heavy (non-hydrogen) atoms. The first-order chi connectivity index (χ1) is 13.2. The standard InChI is InChI=1S/C21H23N5O/c1-15(17-7-5-4-6-8-17)26-14-25(16(2)24-26)20-10-9-18(11-21(20)27-3)19-12-22-23-13-19/h4-13,15H,14H2,1-3H3,(H,22,23). The molecule has 1 aromatic heterocycles. The third-order valence-electron chi connectivity index (χ3n) is 4.98. The number of aromatic amines is 1. The Hall–Kier alpha value is -3.28. The summed E-state index contributed by atoms with van der Waals surface area (Å²) in [7, 11) is 1.70. The number of benzene rings is 2. The van der Waals surface area contributed by atoms with Crippen LogP contribution in [0, 0.1) is 0 Å². The van der Waals surface area contributed by atoms with Gasteiger partial charge in [0, 0.05) is 11.8 Å². The van der Waals surface area contributed by atoms with Crippen molar-refractivity contribution in [2.45, 2.75) is 19.9 Å². The third-order valence-corrected chi connectivity index (χ3v) is 4.98. The van der Waals surface area contributed by atoms with Gasteiger partial charge in [-0.05, 0) is 37.1 Å². The van der Waals surface area contributed by atoms with Crippen molar-refractivity contribution in [3.05, 3.63) is 66.5 Å². The number of anilines is 1. The molecule has 1 unspecified atom stereocenters. The molecule has 1 aliphatic heterocycles. The Labute approximate surface area is 159 Å². The molecule has 0 spiro atoms. The van der Waals surface area contributed by atoms with E-state index in [1.165, 1.54) is 5.56 Å². The van der Waals surface area contributed by atoms with Crippen molar-refractivity contribution in [1.82, 2.24) is 15.2 Å². The first kappa shape index (κ1) is 17.1. The lowest BCUT2D eigenvalue weighted by Crippen LogP contribution is -2.31. The summed E-state index contributed by atoms with van der Waals surface area (Å²) in [6.45, 7) is 4.89. The molecule has 6 nitrogen and oxygen atoms in total. The molecule has 0 aliphatic carbocycles. The van der Waals surface area contributed by atoms with E-state index in [0.717, 1.165) is 28.4 Å². The summed E-state index contributed by atoms with van der Waals surface area (Å²) in [6.07, 6.45) is 3.68. The van der Waals surface area contributed by atoms with E-state index in [4.69, 9.17) is 9.84 Å². The average Bonchev–Trinajstić information content (AvgIpc) is 3.37. The van der Waals surface area contributed by atoms with Crippen LogP contribution in [-0.4, -0.2) is 34.8 Å². The first-order valence-corrected chi connectivity index (χ1v) is 8.99. The Morgan fingerprint density at radius 1 is 1.11 bits per heavy atom. The van der Waals surface area contributed by atoms with Gasteiger partial charge >= 0.3 is 0 Å². The molecule has 0 fully saturated rings. The summed E-state index contributed by atoms with van der Waals surface area (Å²) in [5, 5.41) is 13.8. The maximum atomic E-state index is 5.68. The number of hydrazone groups is 1. The zero-order valence-corrected chi connectivity index (χ0v) is 15.8. The van der Waals surface area contributed by atoms with Crippen molar-refractivity contribution < 1.29 is 4.74 Å². The van der Waals surface area contributed by atoms with Gasteiger partial charge in [0.05, 0.1) is 25.0 Å². The van der Waals surface area contributed by atoms with E-state index in [2.05, 4.69) is 63.4 Å². The van der Waals surface area contributed by atoms with Crippen LogP contribution in [0.15, 0.2) is 66.0 Å². The SMILES string of the molecule is COc1cc(-c2cn[nH]c2)ccc1N1CN(C(C)c2ccccc2)N=C1C. The number of methoxy groups -OCH3 is 1. The predicted octanol–water partition coefficient (Wildman–Crippen LogP) is 4.26. The van der Waals surface area contributed by atoms with Crippen LogP contribution in [0.4, 0.5) is 5.69 Å². The van der Waals surface area contributed by atoms with Crippen LogP contribution < -0.4 is 9.64 Å². The number of nitrogens with zero attached hydrogens (tertiary/aromatic N) is 4. The maximum absolute atomic E-state index is 5.68. The van der Waals surface area contributed by atoms with Gasteiger partial charge in [0.2, 0.25) is 0 Å². The first-order valence-electron chi connectivity index (χ1n) is 8.99. The molecule has 0 saturated heterocycles. The van der Waals surface area contributed by atoms with Crippen molar-refractivity contribution in [3.8, 4) is 16.9 Å². The molecule has 4 rings (SSSR count). The van der Waals surface area contributed by atoms with Gasteiger partial charge in [-0.2, -0.15) is 10.2 Å². The van der Waals surface area contributed by atoms with Crippen LogP contribution in [0.2, 0.25) is 0 Å². The summed E-state index contributed by atoms with van der Waals surface area (Å²) in [5.74, 6) is 1.77. The van der Waals surface area contributed by atoms with Gasteiger partial charge in [-0.15, -0.1) is 0 Å². The van der Waals surface area contributed by atoms with E-state index in [9.17, 15) is 0 Å². The Morgan fingerprint density at radius 2 is 1.93 bits per heavy atom. The quantitative estimate of drug-likeness (QED) is 0.738. The summed E-state index contributed by atoms with van der Waals surface area (Å²) in [5.41, 5.74) is 4.35. The van der Waals surface area contributed by atoms with Crippen molar-refractivity contribution >= 4 is 11.5 Å². The predicted molar refractivity (Wildman–Crippen MR) is 108 cm³/mol. The Kier molecular flexibility index (Phi) is 4.54. The number of amidine groups is 1. The summed E-state index contributed by atoms with van der Waals surface area (Å²) >= 11 is 0. The third kappa shape index (κ3) is 3.26. The van der Waals surface area contributed by atoms with Gasteiger partial charge in [0.15, 0.2) is 0 Å². The molecule has 2 aromatic carbocycles. The van der Waals surface area contributed by atoms with Gasteiger partial charge in [0.1, 0.15) is 18.3 Å². The highest BCUT2D eigenvalue weighted by Crippen LogP contribution is 2.36. The van der Waals surface area contributed by atoms with Gasteiger partial charge in [-0.1, -0.05) is 36.4 Å². The van der Waals surface area contributed by atoms with Crippen LogP contribution >= 0.6 is 0 Å². The van der Waals surface area contributed by atoms with E-state index < -0.39 is 0 Å². The molecule has 2 heterocycles. The monoisotopic (exact) mass is 361 g/mol. The van der Waals surface area contributed by atoms with E-state index in [1.54, 1.807) is 13.3 Å². The lowest BCUT2D eigenvalue weighted by atomic mass is 10.1. The number of hydrogen-bond acceptors (Lipinski definition) is 5. The van der Waals surface area contributed by atoms with E-state index in [1.807, 2.05) is 25.3 Å². The second-order valence-electron chi connectivity index (χ2n) is 6.62. The van der Waals surface area contributed by atoms with Crippen molar-refractivity contribution in [1.29, 1.82) is 0 Å². The number of nitrogens with one attached hydrogen (secondary N) is 1. The highest BCUT2D eigenvalue weighted by Gasteiger charge is 2.27. The highest BCUT2D eigenvalue weighted by atomic mass is 16.5. The normalized spacial score (nSPS) is 15.0.